The summed E-state index contributed by atoms with van der Waals surface area (Å²) in [5, 5.41) is 13.3. The first-order chi connectivity index (χ1) is 16.0. The van der Waals surface area contributed by atoms with Gasteiger partial charge < -0.3 is 9.84 Å². The average Bonchev–Trinajstić information content (AvgIpc) is 3.44. The van der Waals surface area contributed by atoms with Crippen molar-refractivity contribution < 1.29 is 19.4 Å². The highest BCUT2D eigenvalue weighted by molar-refractivity contribution is 7.21. The van der Waals surface area contributed by atoms with E-state index in [4.69, 9.17) is 4.74 Å². The minimum Gasteiger partial charge on any atom is -0.508 e. The van der Waals surface area contributed by atoms with Gasteiger partial charge in [0.15, 0.2) is 0 Å². The number of phenolic OH excluding ortho intramolecular Hbond substituents is 1. The zero-order valence-corrected chi connectivity index (χ0v) is 19.1. The van der Waals surface area contributed by atoms with Gasteiger partial charge in [0.25, 0.3) is 6.47 Å². The van der Waals surface area contributed by atoms with Gasteiger partial charge in [-0.05, 0) is 36.2 Å². The third-order valence-electron chi connectivity index (χ3n) is 5.34. The minimum atomic E-state index is -0.0385. The fraction of sp³-hybridized carbons (Fsp3) is 0.0385. The standard InChI is InChI=1S/C26H17NO4S2/c1-15-4-2-3-5-19(15)24(30)25-23(20-11-10-18(29)12-21(20)33-25)16-6-8-17(9-7-16)26-27-22(13-32-26)31-14-28/h2-14,29H,1H3. The monoisotopic (exact) mass is 471 g/mol. The topological polar surface area (TPSA) is 76.5 Å². The van der Waals surface area contributed by atoms with E-state index in [9.17, 15) is 14.7 Å². The Labute approximate surface area is 197 Å². The quantitative estimate of drug-likeness (QED) is 0.227. The molecule has 162 valence electrons. The first-order valence-corrected chi connectivity index (χ1v) is 11.8. The summed E-state index contributed by atoms with van der Waals surface area (Å²) in [4.78, 5) is 29.0. The molecule has 2 heterocycles. The number of rotatable bonds is 6. The summed E-state index contributed by atoms with van der Waals surface area (Å²) in [6.07, 6.45) is 0. The van der Waals surface area contributed by atoms with E-state index in [0.29, 0.717) is 16.9 Å². The van der Waals surface area contributed by atoms with Crippen molar-refractivity contribution in [2.24, 2.45) is 0 Å². The van der Waals surface area contributed by atoms with Crippen LogP contribution >= 0.6 is 22.7 Å². The lowest BCUT2D eigenvalue weighted by atomic mass is 9.96. The van der Waals surface area contributed by atoms with E-state index in [1.165, 1.54) is 22.7 Å². The second kappa shape index (κ2) is 8.61. The van der Waals surface area contributed by atoms with Crippen molar-refractivity contribution in [3.05, 3.63) is 88.1 Å². The van der Waals surface area contributed by atoms with Crippen LogP contribution in [0.25, 0.3) is 31.8 Å². The lowest BCUT2D eigenvalue weighted by molar-refractivity contribution is -0.120. The van der Waals surface area contributed by atoms with Gasteiger partial charge in [0.05, 0.1) is 10.3 Å². The van der Waals surface area contributed by atoms with E-state index >= 15 is 0 Å². The van der Waals surface area contributed by atoms with E-state index < -0.39 is 0 Å². The van der Waals surface area contributed by atoms with Crippen LogP contribution in [0.5, 0.6) is 11.6 Å². The molecular weight excluding hydrogens is 454 g/mol. The molecule has 0 atom stereocenters. The van der Waals surface area contributed by atoms with E-state index in [0.717, 1.165) is 37.3 Å². The fourth-order valence-electron chi connectivity index (χ4n) is 3.76. The van der Waals surface area contributed by atoms with Crippen molar-refractivity contribution in [1.29, 1.82) is 0 Å². The molecule has 0 spiro atoms. The molecule has 0 aliphatic rings. The van der Waals surface area contributed by atoms with Gasteiger partial charge in [-0.3, -0.25) is 9.59 Å². The van der Waals surface area contributed by atoms with Crippen LogP contribution in [0, 0.1) is 6.92 Å². The summed E-state index contributed by atoms with van der Waals surface area (Å²) in [7, 11) is 0. The number of carbonyl (C=O) groups is 2. The highest BCUT2D eigenvalue weighted by Gasteiger charge is 2.22. The Kier molecular flexibility index (Phi) is 5.50. The first-order valence-electron chi connectivity index (χ1n) is 10.1. The molecule has 0 saturated carbocycles. The Bertz CT molecular complexity index is 1500. The molecule has 0 aliphatic carbocycles. The molecule has 3 aromatic carbocycles. The third-order valence-corrected chi connectivity index (χ3v) is 7.36. The fourth-order valence-corrected chi connectivity index (χ4v) is 5.70. The lowest BCUT2D eigenvalue weighted by Crippen LogP contribution is -2.02. The highest BCUT2D eigenvalue weighted by atomic mass is 32.1. The summed E-state index contributed by atoms with van der Waals surface area (Å²) in [5.41, 5.74) is 4.21. The van der Waals surface area contributed by atoms with Gasteiger partial charge in [-0.1, -0.05) is 48.5 Å². The molecule has 0 saturated heterocycles. The largest absolute Gasteiger partial charge is 0.508 e. The first kappa shape index (κ1) is 21.1. The molecule has 0 bridgehead atoms. The van der Waals surface area contributed by atoms with Gasteiger partial charge in [-0.2, -0.15) is 0 Å². The number of hydrogen-bond acceptors (Lipinski definition) is 7. The van der Waals surface area contributed by atoms with Crippen LogP contribution in [0.1, 0.15) is 20.8 Å². The van der Waals surface area contributed by atoms with Crippen LogP contribution in [0.3, 0.4) is 0 Å². The van der Waals surface area contributed by atoms with E-state index in [2.05, 4.69) is 4.98 Å². The number of aromatic nitrogens is 1. The number of benzene rings is 3. The zero-order chi connectivity index (χ0) is 22.9. The van der Waals surface area contributed by atoms with Crippen molar-refractivity contribution >= 4 is 45.0 Å². The number of nitrogens with zero attached hydrogens (tertiary/aromatic N) is 1. The van der Waals surface area contributed by atoms with E-state index in [1.807, 2.05) is 61.5 Å². The number of ketones is 1. The molecule has 2 aromatic heterocycles. The number of aryl methyl sites for hydroxylation is 1. The molecule has 5 nitrogen and oxygen atoms in total. The van der Waals surface area contributed by atoms with E-state index in [1.54, 1.807) is 17.5 Å². The van der Waals surface area contributed by atoms with Gasteiger partial charge >= 0.3 is 0 Å². The molecule has 1 N–H and O–H groups in total. The highest BCUT2D eigenvalue weighted by Crippen LogP contribution is 2.42. The number of ether oxygens (including phenoxy) is 1. The van der Waals surface area contributed by atoms with Crippen LogP contribution < -0.4 is 4.74 Å². The van der Waals surface area contributed by atoms with Gasteiger partial charge in [-0.15, -0.1) is 22.7 Å². The van der Waals surface area contributed by atoms with Crippen molar-refractivity contribution in [2.75, 3.05) is 0 Å². The Morgan fingerprint density at radius 2 is 1.79 bits per heavy atom. The maximum absolute atomic E-state index is 13.6. The predicted octanol–water partition coefficient (Wildman–Crippen LogP) is 6.47. The zero-order valence-electron chi connectivity index (χ0n) is 17.4. The summed E-state index contributed by atoms with van der Waals surface area (Å²) in [6, 6.07) is 20.5. The Hall–Kier alpha value is -3.81. The minimum absolute atomic E-state index is 0.0385. The molecular formula is C26H17NO4S2. The van der Waals surface area contributed by atoms with Crippen LogP contribution in [-0.2, 0) is 4.79 Å². The smallest absolute Gasteiger partial charge is 0.299 e. The Balaban J connectivity index is 1.62. The normalized spacial score (nSPS) is 10.9. The van der Waals surface area contributed by atoms with Gasteiger partial charge in [-0.25, -0.2) is 4.98 Å². The number of fused-ring (bicyclic) bond motifs is 1. The van der Waals surface area contributed by atoms with Crippen LogP contribution in [-0.4, -0.2) is 22.3 Å². The number of thiazole rings is 1. The summed E-state index contributed by atoms with van der Waals surface area (Å²) < 4.78 is 5.65. The maximum atomic E-state index is 13.6. The lowest BCUT2D eigenvalue weighted by Gasteiger charge is -2.08. The second-order valence-electron chi connectivity index (χ2n) is 7.41. The number of phenols is 1. The van der Waals surface area contributed by atoms with Gasteiger partial charge in [0, 0.05) is 26.8 Å². The molecule has 0 amide bonds. The van der Waals surface area contributed by atoms with Gasteiger partial charge in [0.1, 0.15) is 10.8 Å². The second-order valence-corrected chi connectivity index (χ2v) is 9.32. The van der Waals surface area contributed by atoms with Crippen LogP contribution in [0.4, 0.5) is 0 Å². The third kappa shape index (κ3) is 3.92. The van der Waals surface area contributed by atoms with Crippen LogP contribution in [0.15, 0.2) is 72.1 Å². The van der Waals surface area contributed by atoms with Crippen LogP contribution in [0.2, 0.25) is 0 Å². The number of hydrogen-bond donors (Lipinski definition) is 1. The van der Waals surface area contributed by atoms with Gasteiger partial charge in [0.2, 0.25) is 11.7 Å². The molecule has 0 unspecified atom stereocenters. The Morgan fingerprint density at radius 3 is 2.55 bits per heavy atom. The van der Waals surface area contributed by atoms with Crippen molar-refractivity contribution in [2.45, 2.75) is 6.92 Å². The number of carbonyl (C=O) groups excluding carboxylic acids is 2. The molecule has 33 heavy (non-hydrogen) atoms. The predicted molar refractivity (Wildman–Crippen MR) is 131 cm³/mol. The molecule has 0 fully saturated rings. The number of thiophene rings is 1. The summed E-state index contributed by atoms with van der Waals surface area (Å²) >= 11 is 2.77. The van der Waals surface area contributed by atoms with Crippen molar-refractivity contribution in [3.63, 3.8) is 0 Å². The Morgan fingerprint density at radius 1 is 1.03 bits per heavy atom. The maximum Gasteiger partial charge on any atom is 0.299 e. The molecule has 0 aliphatic heterocycles. The molecule has 5 aromatic rings. The van der Waals surface area contributed by atoms with Crippen molar-refractivity contribution in [3.8, 4) is 33.3 Å². The van der Waals surface area contributed by atoms with E-state index in [-0.39, 0.29) is 17.4 Å². The molecule has 7 heteroatoms. The molecule has 5 rings (SSSR count). The summed E-state index contributed by atoms with van der Waals surface area (Å²) in [6.45, 7) is 2.28. The summed E-state index contributed by atoms with van der Waals surface area (Å²) in [5.74, 6) is 0.393. The average molecular weight is 472 g/mol. The SMILES string of the molecule is Cc1ccccc1C(=O)c1sc2cc(O)ccc2c1-c1ccc(-c2nc(OC=O)cs2)cc1. The van der Waals surface area contributed by atoms with Crippen molar-refractivity contribution in [1.82, 2.24) is 4.98 Å². The number of aromatic hydroxyl groups is 1. The molecule has 0 radical (unpaired) electrons.